The summed E-state index contributed by atoms with van der Waals surface area (Å²) in [5.41, 5.74) is 4.77. The summed E-state index contributed by atoms with van der Waals surface area (Å²) in [5, 5.41) is 8.43. The molecule has 0 saturated carbocycles. The van der Waals surface area contributed by atoms with E-state index in [4.69, 9.17) is 9.47 Å². The number of amides is 2. The van der Waals surface area contributed by atoms with Crippen LogP contribution in [0.4, 0.5) is 0 Å². The Morgan fingerprint density at radius 1 is 0.971 bits per heavy atom. The van der Waals surface area contributed by atoms with Crippen LogP contribution in [0.2, 0.25) is 0 Å². The number of fused-ring (bicyclic) bond motifs is 1. The normalized spacial score (nSPS) is 17.7. The summed E-state index contributed by atoms with van der Waals surface area (Å²) in [6.07, 6.45) is -0.169. The van der Waals surface area contributed by atoms with Crippen LogP contribution in [0.5, 0.6) is 5.75 Å². The van der Waals surface area contributed by atoms with Crippen molar-refractivity contribution in [3.8, 4) is 5.75 Å². The van der Waals surface area contributed by atoms with Gasteiger partial charge in [-0.2, -0.15) is 0 Å². The molecule has 0 N–H and O–H groups in total. The fourth-order valence-corrected chi connectivity index (χ4v) is 4.60. The van der Waals surface area contributed by atoms with E-state index in [0.717, 1.165) is 28.0 Å². The van der Waals surface area contributed by atoms with E-state index in [9.17, 15) is 9.59 Å². The van der Waals surface area contributed by atoms with Gasteiger partial charge in [-0.1, -0.05) is 35.0 Å². The highest BCUT2D eigenvalue weighted by Gasteiger charge is 2.32. The number of piperazine rings is 1. The molecular weight excluding hydrogens is 446 g/mol. The van der Waals surface area contributed by atoms with Gasteiger partial charge in [-0.3, -0.25) is 9.59 Å². The predicted molar refractivity (Wildman–Crippen MR) is 128 cm³/mol. The topological polar surface area (TPSA) is 89.8 Å². The van der Waals surface area contributed by atoms with Crippen LogP contribution < -0.4 is 4.74 Å². The summed E-state index contributed by atoms with van der Waals surface area (Å²) in [4.78, 5) is 29.8. The van der Waals surface area contributed by atoms with Gasteiger partial charge < -0.3 is 19.3 Å². The number of carbonyl (C=O) groups is 2. The van der Waals surface area contributed by atoms with Crippen LogP contribution in [-0.2, 0) is 17.9 Å². The Morgan fingerprint density at radius 2 is 1.66 bits per heavy atom. The summed E-state index contributed by atoms with van der Waals surface area (Å²) >= 11 is 0. The third-order valence-electron chi connectivity index (χ3n) is 6.77. The van der Waals surface area contributed by atoms with Gasteiger partial charge in [0.1, 0.15) is 11.9 Å². The van der Waals surface area contributed by atoms with E-state index in [-0.39, 0.29) is 24.5 Å². The lowest BCUT2D eigenvalue weighted by Crippen LogP contribution is -2.51. The molecule has 2 aliphatic heterocycles. The Hall–Kier alpha value is -3.72. The van der Waals surface area contributed by atoms with E-state index < -0.39 is 0 Å². The first-order valence-electron chi connectivity index (χ1n) is 11.8. The van der Waals surface area contributed by atoms with Crippen LogP contribution in [-0.4, -0.2) is 69.9 Å². The first-order valence-corrected chi connectivity index (χ1v) is 11.8. The lowest BCUT2D eigenvalue weighted by molar-refractivity contribution is -0.00204. The Balaban J connectivity index is 1.23. The fraction of sp³-hybridized carbons (Fsp3) is 0.385. The van der Waals surface area contributed by atoms with Gasteiger partial charge >= 0.3 is 0 Å². The van der Waals surface area contributed by atoms with Crippen molar-refractivity contribution in [2.24, 2.45) is 0 Å². The van der Waals surface area contributed by atoms with Gasteiger partial charge in [-0.05, 0) is 43.2 Å². The molecule has 1 saturated heterocycles. The molecular formula is C26H29N5O4. The molecule has 2 amide bonds. The van der Waals surface area contributed by atoms with Crippen molar-refractivity contribution in [1.82, 2.24) is 24.8 Å². The molecule has 9 heteroatoms. The van der Waals surface area contributed by atoms with Crippen molar-refractivity contribution in [1.29, 1.82) is 0 Å². The number of benzene rings is 2. The summed E-state index contributed by atoms with van der Waals surface area (Å²) in [5.74, 6) is 0.628. The van der Waals surface area contributed by atoms with Crippen LogP contribution in [0.3, 0.4) is 0 Å². The highest BCUT2D eigenvalue weighted by atomic mass is 16.5. The molecule has 1 aromatic heterocycles. The number of nitrogens with zero attached hydrogens (tertiary/aromatic N) is 5. The third-order valence-corrected chi connectivity index (χ3v) is 6.77. The number of rotatable bonds is 4. The fourth-order valence-electron chi connectivity index (χ4n) is 4.60. The number of hydrogen-bond donors (Lipinski definition) is 0. The van der Waals surface area contributed by atoms with E-state index in [2.05, 4.69) is 10.3 Å². The van der Waals surface area contributed by atoms with E-state index in [1.54, 1.807) is 16.7 Å². The number of carbonyl (C=O) groups excluding carboxylic acids is 2. The Kier molecular flexibility index (Phi) is 6.25. The maximum absolute atomic E-state index is 13.2. The summed E-state index contributed by atoms with van der Waals surface area (Å²) < 4.78 is 13.0. The quantitative estimate of drug-likeness (QED) is 0.577. The smallest absolute Gasteiger partial charge is 0.276 e. The molecule has 2 aliphatic rings. The van der Waals surface area contributed by atoms with Crippen molar-refractivity contribution in [3.05, 3.63) is 76.1 Å². The van der Waals surface area contributed by atoms with Crippen LogP contribution in [0.25, 0.3) is 0 Å². The lowest BCUT2D eigenvalue weighted by atomic mass is 10.0. The molecule has 0 aliphatic carbocycles. The Morgan fingerprint density at radius 3 is 2.34 bits per heavy atom. The van der Waals surface area contributed by atoms with Gasteiger partial charge in [-0.15, -0.1) is 5.10 Å². The van der Waals surface area contributed by atoms with Crippen molar-refractivity contribution >= 4 is 11.8 Å². The maximum atomic E-state index is 13.2. The van der Waals surface area contributed by atoms with E-state index in [1.165, 1.54) is 0 Å². The largest absolute Gasteiger partial charge is 0.497 e. The van der Waals surface area contributed by atoms with E-state index in [0.29, 0.717) is 44.1 Å². The summed E-state index contributed by atoms with van der Waals surface area (Å²) in [7, 11) is 1.63. The van der Waals surface area contributed by atoms with Gasteiger partial charge in [0, 0.05) is 31.7 Å². The van der Waals surface area contributed by atoms with Crippen LogP contribution in [0.1, 0.15) is 49.3 Å². The van der Waals surface area contributed by atoms with Gasteiger partial charge in [-0.25, -0.2) is 4.68 Å². The second-order valence-electron chi connectivity index (χ2n) is 9.04. The molecule has 3 heterocycles. The number of aryl methyl sites for hydroxylation is 2. The molecule has 35 heavy (non-hydrogen) atoms. The van der Waals surface area contributed by atoms with Crippen molar-refractivity contribution in [3.63, 3.8) is 0 Å². The zero-order valence-corrected chi connectivity index (χ0v) is 20.2. The van der Waals surface area contributed by atoms with Crippen LogP contribution in [0, 0.1) is 13.8 Å². The summed E-state index contributed by atoms with van der Waals surface area (Å²) in [6, 6.07) is 13.6. The second kappa shape index (κ2) is 9.50. The predicted octanol–water partition coefficient (Wildman–Crippen LogP) is 2.77. The molecule has 0 spiro atoms. The first-order chi connectivity index (χ1) is 16.9. The second-order valence-corrected chi connectivity index (χ2v) is 9.04. The minimum Gasteiger partial charge on any atom is -0.497 e. The minimum absolute atomic E-state index is 0.0114. The molecule has 5 rings (SSSR count). The highest BCUT2D eigenvalue weighted by molar-refractivity contribution is 5.96. The van der Waals surface area contributed by atoms with Gasteiger partial charge in [0.05, 0.1) is 26.0 Å². The Labute approximate surface area is 204 Å². The van der Waals surface area contributed by atoms with Crippen LogP contribution >= 0.6 is 0 Å². The summed E-state index contributed by atoms with van der Waals surface area (Å²) in [6.45, 7) is 6.55. The number of aromatic nitrogens is 3. The average Bonchev–Trinajstić information content (AvgIpc) is 3.32. The molecule has 0 unspecified atom stereocenters. The minimum atomic E-state index is -0.170. The third kappa shape index (κ3) is 4.51. The SMILES string of the molecule is COc1ccc([C@@H]2Cn3nnc(C(=O)N4CCN(C(=O)c5cc(C)ccc5C)CC4)c3CO2)cc1. The van der Waals surface area contributed by atoms with E-state index >= 15 is 0 Å². The monoisotopic (exact) mass is 475 g/mol. The first kappa shape index (κ1) is 23.0. The van der Waals surface area contributed by atoms with Gasteiger partial charge in [0.25, 0.3) is 11.8 Å². The van der Waals surface area contributed by atoms with Crippen molar-refractivity contribution in [2.75, 3.05) is 33.3 Å². The molecule has 1 atom stereocenters. The maximum Gasteiger partial charge on any atom is 0.276 e. The number of methoxy groups -OCH3 is 1. The molecule has 3 aromatic rings. The zero-order chi connectivity index (χ0) is 24.5. The highest BCUT2D eigenvalue weighted by Crippen LogP contribution is 2.28. The molecule has 1 fully saturated rings. The number of ether oxygens (including phenoxy) is 2. The van der Waals surface area contributed by atoms with Crippen LogP contribution in [0.15, 0.2) is 42.5 Å². The standard InChI is InChI=1S/C26H29N5O4/c1-17-4-5-18(2)21(14-17)25(32)29-10-12-30(13-11-29)26(33)24-22-16-35-23(15-31(22)28-27-24)19-6-8-20(34-3)9-7-19/h4-9,14,23H,10-13,15-16H2,1-3H3/t23-/m0/s1. The lowest BCUT2D eigenvalue weighted by Gasteiger charge is -2.35. The molecule has 182 valence electrons. The average molecular weight is 476 g/mol. The molecule has 0 bridgehead atoms. The van der Waals surface area contributed by atoms with Gasteiger partial charge in [0.15, 0.2) is 5.69 Å². The van der Waals surface area contributed by atoms with Gasteiger partial charge in [0.2, 0.25) is 0 Å². The zero-order valence-electron chi connectivity index (χ0n) is 20.2. The van der Waals surface area contributed by atoms with E-state index in [1.807, 2.05) is 61.2 Å². The molecule has 2 aromatic carbocycles. The Bertz CT molecular complexity index is 1250. The van der Waals surface area contributed by atoms with Crippen molar-refractivity contribution < 1.29 is 19.1 Å². The molecule has 9 nitrogen and oxygen atoms in total. The molecule has 0 radical (unpaired) electrons. The number of hydrogen-bond acceptors (Lipinski definition) is 6. The van der Waals surface area contributed by atoms with Crippen molar-refractivity contribution in [2.45, 2.75) is 33.1 Å².